The van der Waals surface area contributed by atoms with Gasteiger partial charge in [0.15, 0.2) is 0 Å². The highest BCUT2D eigenvalue weighted by Gasteiger charge is 2.26. The van der Waals surface area contributed by atoms with Gasteiger partial charge in [-0.25, -0.2) is 4.79 Å². The number of nitrogens with zero attached hydrogens (tertiary/aromatic N) is 1. The Morgan fingerprint density at radius 1 is 1.08 bits per heavy atom. The number of aromatic amines is 1. The monoisotopic (exact) mass is 338 g/mol. The van der Waals surface area contributed by atoms with E-state index in [-0.39, 0.29) is 12.6 Å². The molecule has 0 amide bonds. The Hall–Kier alpha value is -2.79. The number of para-hydroxylation sites is 1. The average Bonchev–Trinajstić information content (AvgIpc) is 2.94. The molecule has 1 N–H and O–H groups in total. The molecule has 25 heavy (non-hydrogen) atoms. The van der Waals surface area contributed by atoms with E-state index in [4.69, 9.17) is 9.47 Å². The maximum atomic E-state index is 11.9. The van der Waals surface area contributed by atoms with Gasteiger partial charge in [-0.3, -0.25) is 4.90 Å². The first-order valence-electron chi connectivity index (χ1n) is 8.28. The lowest BCUT2D eigenvalue weighted by Crippen LogP contribution is -2.22. The Balaban J connectivity index is 2.16. The zero-order valence-corrected chi connectivity index (χ0v) is 14.7. The topological polar surface area (TPSA) is 54.6 Å². The Bertz CT molecular complexity index is 856. The zero-order chi connectivity index (χ0) is 17.8. The fourth-order valence-electron chi connectivity index (χ4n) is 3.08. The summed E-state index contributed by atoms with van der Waals surface area (Å²) in [5.41, 5.74) is 2.95. The summed E-state index contributed by atoms with van der Waals surface area (Å²) < 4.78 is 10.4. The van der Waals surface area contributed by atoms with Crippen molar-refractivity contribution in [2.24, 2.45) is 0 Å². The van der Waals surface area contributed by atoms with Crippen LogP contribution in [0.4, 0.5) is 4.79 Å². The average molecular weight is 338 g/mol. The molecule has 1 heterocycles. The number of hydrogen-bond acceptors (Lipinski definition) is 4. The molecule has 0 saturated carbocycles. The molecule has 0 spiro atoms. The molecule has 3 aromatic rings. The van der Waals surface area contributed by atoms with Gasteiger partial charge in [0, 0.05) is 16.5 Å². The molecule has 0 fully saturated rings. The highest BCUT2D eigenvalue weighted by Crippen LogP contribution is 2.39. The number of carbonyl (C=O) groups excluding carboxylic acids is 1. The maximum Gasteiger partial charge on any atom is 0.515 e. The van der Waals surface area contributed by atoms with Crippen molar-refractivity contribution in [3.8, 4) is 5.88 Å². The van der Waals surface area contributed by atoms with Gasteiger partial charge in [-0.05, 0) is 32.6 Å². The summed E-state index contributed by atoms with van der Waals surface area (Å²) >= 11 is 0. The van der Waals surface area contributed by atoms with Gasteiger partial charge in [0.05, 0.1) is 12.6 Å². The van der Waals surface area contributed by atoms with E-state index in [1.807, 2.05) is 56.6 Å². The molecule has 1 aromatic heterocycles. The minimum absolute atomic E-state index is 0.0678. The smallest absolute Gasteiger partial charge is 0.434 e. The number of ether oxygens (including phenoxy) is 2. The van der Waals surface area contributed by atoms with Gasteiger partial charge in [0.25, 0.3) is 0 Å². The first-order chi connectivity index (χ1) is 12.1. The quantitative estimate of drug-likeness (QED) is 0.703. The van der Waals surface area contributed by atoms with Crippen LogP contribution in [0.5, 0.6) is 5.88 Å². The summed E-state index contributed by atoms with van der Waals surface area (Å²) in [5, 5.41) is 1.02. The molecule has 0 aliphatic rings. The summed E-state index contributed by atoms with van der Waals surface area (Å²) in [6.07, 6.45) is -0.708. The molecule has 0 radical (unpaired) electrons. The van der Waals surface area contributed by atoms with Crippen LogP contribution < -0.4 is 4.74 Å². The number of carbonyl (C=O) groups is 1. The lowest BCUT2D eigenvalue weighted by Gasteiger charge is -2.25. The summed E-state index contributed by atoms with van der Waals surface area (Å²) in [7, 11) is 4.02. The number of rotatable bonds is 5. The Morgan fingerprint density at radius 3 is 2.44 bits per heavy atom. The molecule has 0 bridgehead atoms. The van der Waals surface area contributed by atoms with Crippen molar-refractivity contribution in [3.63, 3.8) is 0 Å². The maximum absolute atomic E-state index is 11.9. The molecule has 130 valence electrons. The third-order valence-electron chi connectivity index (χ3n) is 4.06. The summed E-state index contributed by atoms with van der Waals surface area (Å²) in [5.74, 6) is 0.419. The second kappa shape index (κ2) is 7.40. The molecule has 0 aliphatic carbocycles. The predicted octanol–water partition coefficient (Wildman–Crippen LogP) is 4.35. The van der Waals surface area contributed by atoms with Crippen molar-refractivity contribution < 1.29 is 14.3 Å². The molecule has 0 saturated heterocycles. The van der Waals surface area contributed by atoms with E-state index in [0.29, 0.717) is 5.88 Å². The van der Waals surface area contributed by atoms with Crippen molar-refractivity contribution >= 4 is 17.1 Å². The standard InChI is InChI=1S/C20H22N2O3/c1-4-24-20(23)25-19-17(15-12-8-9-13-16(15)21-19)18(22(2)3)14-10-6-5-7-11-14/h5-13,18,21H,4H2,1-3H3. The van der Waals surface area contributed by atoms with E-state index in [2.05, 4.69) is 22.0 Å². The van der Waals surface area contributed by atoms with Crippen LogP contribution in [0, 0.1) is 0 Å². The number of aromatic nitrogens is 1. The fraction of sp³-hybridized carbons (Fsp3) is 0.250. The van der Waals surface area contributed by atoms with Gasteiger partial charge < -0.3 is 14.5 Å². The van der Waals surface area contributed by atoms with E-state index in [0.717, 1.165) is 22.0 Å². The Morgan fingerprint density at radius 2 is 1.76 bits per heavy atom. The number of benzene rings is 2. The molecular formula is C20H22N2O3. The third kappa shape index (κ3) is 3.51. The molecule has 1 atom stereocenters. The van der Waals surface area contributed by atoms with Crippen LogP contribution in [0.25, 0.3) is 10.9 Å². The Kier molecular flexibility index (Phi) is 5.05. The van der Waals surface area contributed by atoms with Gasteiger partial charge in [0.2, 0.25) is 5.88 Å². The van der Waals surface area contributed by atoms with Crippen LogP contribution in [0.2, 0.25) is 0 Å². The van der Waals surface area contributed by atoms with Gasteiger partial charge in [-0.1, -0.05) is 48.5 Å². The van der Waals surface area contributed by atoms with Crippen molar-refractivity contribution in [1.29, 1.82) is 0 Å². The lowest BCUT2D eigenvalue weighted by molar-refractivity contribution is 0.102. The van der Waals surface area contributed by atoms with Crippen LogP contribution >= 0.6 is 0 Å². The van der Waals surface area contributed by atoms with E-state index in [9.17, 15) is 4.79 Å². The SMILES string of the molecule is CCOC(=O)Oc1[nH]c2ccccc2c1C(c1ccccc1)N(C)C. The molecule has 3 rings (SSSR count). The van der Waals surface area contributed by atoms with Gasteiger partial charge >= 0.3 is 6.16 Å². The minimum atomic E-state index is -0.708. The number of hydrogen-bond donors (Lipinski definition) is 1. The highest BCUT2D eigenvalue weighted by atomic mass is 16.7. The van der Waals surface area contributed by atoms with Crippen LogP contribution in [-0.4, -0.2) is 36.7 Å². The molecule has 2 aromatic carbocycles. The van der Waals surface area contributed by atoms with Gasteiger partial charge in [0.1, 0.15) is 0 Å². The van der Waals surface area contributed by atoms with E-state index in [1.165, 1.54) is 0 Å². The zero-order valence-electron chi connectivity index (χ0n) is 14.7. The van der Waals surface area contributed by atoms with Crippen LogP contribution in [-0.2, 0) is 4.74 Å². The summed E-state index contributed by atoms with van der Waals surface area (Å²) in [6, 6.07) is 18.0. The second-order valence-electron chi connectivity index (χ2n) is 5.98. The van der Waals surface area contributed by atoms with Crippen molar-refractivity contribution in [2.75, 3.05) is 20.7 Å². The molecule has 0 aliphatic heterocycles. The van der Waals surface area contributed by atoms with Crippen LogP contribution in [0.3, 0.4) is 0 Å². The summed E-state index contributed by atoms with van der Waals surface area (Å²) in [6.45, 7) is 2.02. The highest BCUT2D eigenvalue weighted by molar-refractivity contribution is 5.87. The first kappa shape index (κ1) is 17.0. The van der Waals surface area contributed by atoms with E-state index < -0.39 is 6.16 Å². The second-order valence-corrected chi connectivity index (χ2v) is 5.98. The largest absolute Gasteiger partial charge is 0.515 e. The lowest BCUT2D eigenvalue weighted by atomic mass is 9.97. The normalized spacial score (nSPS) is 12.3. The Labute approximate surface area is 147 Å². The minimum Gasteiger partial charge on any atom is -0.434 e. The van der Waals surface area contributed by atoms with Crippen molar-refractivity contribution in [2.45, 2.75) is 13.0 Å². The third-order valence-corrected chi connectivity index (χ3v) is 4.06. The van der Waals surface area contributed by atoms with Crippen LogP contribution in [0.15, 0.2) is 54.6 Å². The van der Waals surface area contributed by atoms with E-state index >= 15 is 0 Å². The molecular weight excluding hydrogens is 316 g/mol. The van der Waals surface area contributed by atoms with Gasteiger partial charge in [-0.15, -0.1) is 0 Å². The molecule has 5 heteroatoms. The first-order valence-corrected chi connectivity index (χ1v) is 8.28. The van der Waals surface area contributed by atoms with Crippen molar-refractivity contribution in [3.05, 3.63) is 65.7 Å². The van der Waals surface area contributed by atoms with Crippen molar-refractivity contribution in [1.82, 2.24) is 9.88 Å². The number of fused-ring (bicyclic) bond motifs is 1. The molecule has 1 unspecified atom stereocenters. The van der Waals surface area contributed by atoms with Crippen LogP contribution in [0.1, 0.15) is 24.1 Å². The molecule has 5 nitrogen and oxygen atoms in total. The predicted molar refractivity (Wildman–Crippen MR) is 97.9 cm³/mol. The van der Waals surface area contributed by atoms with E-state index in [1.54, 1.807) is 6.92 Å². The number of nitrogens with one attached hydrogen (secondary N) is 1. The summed E-state index contributed by atoms with van der Waals surface area (Å²) in [4.78, 5) is 17.2. The van der Waals surface area contributed by atoms with Gasteiger partial charge in [-0.2, -0.15) is 0 Å². The number of H-pyrrole nitrogens is 1. The fourth-order valence-corrected chi connectivity index (χ4v) is 3.08.